The summed E-state index contributed by atoms with van der Waals surface area (Å²) < 4.78 is 2.58. The number of hydrogen-bond acceptors (Lipinski definition) is 3. The van der Waals surface area contributed by atoms with Crippen molar-refractivity contribution in [3.05, 3.63) is 22.7 Å². The van der Waals surface area contributed by atoms with Gasteiger partial charge in [-0.05, 0) is 22.9 Å². The van der Waals surface area contributed by atoms with Crippen LogP contribution in [-0.4, -0.2) is 20.3 Å². The average molecular weight is 254 g/mol. The summed E-state index contributed by atoms with van der Waals surface area (Å²) in [5.41, 5.74) is 1.40. The first kappa shape index (κ1) is 9.33. The van der Waals surface area contributed by atoms with E-state index in [0.717, 1.165) is 15.6 Å². The normalized spacial score (nSPS) is 10.8. The zero-order valence-corrected chi connectivity index (χ0v) is 9.37. The largest absolute Gasteiger partial charge is 0.322 e. The van der Waals surface area contributed by atoms with E-state index < -0.39 is 0 Å². The molecule has 0 unspecified atom stereocenters. The number of hydrogen-bond donors (Lipinski definition) is 0. The highest BCUT2D eigenvalue weighted by Crippen LogP contribution is 2.27. The van der Waals surface area contributed by atoms with Gasteiger partial charge in [-0.2, -0.15) is 0 Å². The Morgan fingerprint density at radius 1 is 1.57 bits per heavy atom. The molecule has 0 saturated carbocycles. The minimum Gasteiger partial charge on any atom is -0.322 e. The number of aromatic nitrogens is 3. The molecule has 0 saturated heterocycles. The summed E-state index contributed by atoms with van der Waals surface area (Å²) in [6, 6.07) is 0. The molecule has 2 heterocycles. The minimum atomic E-state index is 0.0114. The standard InChI is InChI=1S/C9H8BrN3O/c1-5(14)7-6-3-11-4-12-9(6)13(2)8(7)10/h3-4H,1-2H3. The number of Topliss-reactive ketones (excluding diaryl/α,β-unsaturated/α-hetero) is 1. The molecule has 0 aliphatic rings. The highest BCUT2D eigenvalue weighted by Gasteiger charge is 2.16. The molecule has 14 heavy (non-hydrogen) atoms. The van der Waals surface area contributed by atoms with Gasteiger partial charge in [0, 0.05) is 18.6 Å². The van der Waals surface area contributed by atoms with Gasteiger partial charge in [-0.15, -0.1) is 0 Å². The molecule has 0 aliphatic heterocycles. The summed E-state index contributed by atoms with van der Waals surface area (Å²) in [6.45, 7) is 1.53. The first-order valence-corrected chi connectivity index (χ1v) is 4.87. The summed E-state index contributed by atoms with van der Waals surface area (Å²) in [4.78, 5) is 19.4. The topological polar surface area (TPSA) is 47.8 Å². The van der Waals surface area contributed by atoms with Crippen molar-refractivity contribution in [2.24, 2.45) is 7.05 Å². The van der Waals surface area contributed by atoms with Crippen molar-refractivity contribution < 1.29 is 4.79 Å². The maximum absolute atomic E-state index is 11.4. The summed E-state index contributed by atoms with van der Waals surface area (Å²) >= 11 is 3.37. The Kier molecular flexibility index (Phi) is 2.11. The minimum absolute atomic E-state index is 0.0114. The van der Waals surface area contributed by atoms with Crippen molar-refractivity contribution in [1.82, 2.24) is 14.5 Å². The molecule has 4 nitrogen and oxygen atoms in total. The van der Waals surface area contributed by atoms with Crippen molar-refractivity contribution in [3.8, 4) is 0 Å². The van der Waals surface area contributed by atoms with Crippen LogP contribution in [0.2, 0.25) is 0 Å². The Labute approximate surface area is 89.1 Å². The van der Waals surface area contributed by atoms with E-state index in [1.54, 1.807) is 6.20 Å². The SMILES string of the molecule is CC(=O)c1c(Br)n(C)c2ncncc12. The molecule has 0 spiro atoms. The Morgan fingerprint density at radius 2 is 2.29 bits per heavy atom. The second-order valence-corrected chi connectivity index (χ2v) is 3.79. The van der Waals surface area contributed by atoms with Gasteiger partial charge < -0.3 is 4.57 Å². The molecule has 2 aromatic heterocycles. The van der Waals surface area contributed by atoms with Crippen LogP contribution in [0.3, 0.4) is 0 Å². The second-order valence-electron chi connectivity index (χ2n) is 3.04. The first-order valence-electron chi connectivity index (χ1n) is 4.07. The Balaban J connectivity index is 2.95. The highest BCUT2D eigenvalue weighted by molar-refractivity contribution is 9.10. The third-order valence-corrected chi connectivity index (χ3v) is 3.06. The van der Waals surface area contributed by atoms with E-state index in [4.69, 9.17) is 0 Å². The number of carbonyl (C=O) groups is 1. The quantitative estimate of drug-likeness (QED) is 0.730. The molecule has 0 bridgehead atoms. The molecule has 0 aromatic carbocycles. The van der Waals surface area contributed by atoms with Gasteiger partial charge in [0.15, 0.2) is 5.78 Å². The maximum atomic E-state index is 11.4. The van der Waals surface area contributed by atoms with Gasteiger partial charge >= 0.3 is 0 Å². The first-order chi connectivity index (χ1) is 6.63. The van der Waals surface area contributed by atoms with Crippen molar-refractivity contribution in [2.75, 3.05) is 0 Å². The number of ketones is 1. The molecule has 0 fully saturated rings. The summed E-state index contributed by atoms with van der Waals surface area (Å²) in [5.74, 6) is 0.0114. The lowest BCUT2D eigenvalue weighted by Gasteiger charge is -1.94. The lowest BCUT2D eigenvalue weighted by molar-refractivity contribution is 0.101. The molecule has 0 atom stereocenters. The molecular formula is C9H8BrN3O. The van der Waals surface area contributed by atoms with Gasteiger partial charge in [0.05, 0.1) is 10.2 Å². The van der Waals surface area contributed by atoms with Crippen LogP contribution >= 0.6 is 15.9 Å². The van der Waals surface area contributed by atoms with Crippen molar-refractivity contribution in [2.45, 2.75) is 6.92 Å². The smallest absolute Gasteiger partial charge is 0.163 e. The molecule has 5 heteroatoms. The van der Waals surface area contributed by atoms with Crippen LogP contribution in [0.1, 0.15) is 17.3 Å². The van der Waals surface area contributed by atoms with Crippen molar-refractivity contribution >= 4 is 32.7 Å². The number of fused-ring (bicyclic) bond motifs is 1. The Bertz CT molecular complexity index is 518. The fourth-order valence-corrected chi connectivity index (χ4v) is 2.13. The zero-order chi connectivity index (χ0) is 10.3. The predicted molar refractivity (Wildman–Crippen MR) is 56.2 cm³/mol. The lowest BCUT2D eigenvalue weighted by atomic mass is 10.2. The molecule has 2 aromatic rings. The van der Waals surface area contributed by atoms with Crippen molar-refractivity contribution in [3.63, 3.8) is 0 Å². The van der Waals surface area contributed by atoms with Gasteiger partial charge in [0.2, 0.25) is 0 Å². The predicted octanol–water partition coefficient (Wildman–Crippen LogP) is 1.93. The molecular weight excluding hydrogens is 246 g/mol. The van der Waals surface area contributed by atoms with Crippen LogP contribution in [0, 0.1) is 0 Å². The van der Waals surface area contributed by atoms with Gasteiger partial charge in [-0.1, -0.05) is 0 Å². The average Bonchev–Trinajstić information content (AvgIpc) is 2.41. The van der Waals surface area contributed by atoms with Crippen LogP contribution in [-0.2, 0) is 7.05 Å². The molecule has 0 amide bonds. The Morgan fingerprint density at radius 3 is 2.93 bits per heavy atom. The number of carbonyl (C=O) groups excluding carboxylic acids is 1. The van der Waals surface area contributed by atoms with Crippen LogP contribution in [0.4, 0.5) is 0 Å². The molecule has 2 rings (SSSR count). The molecule has 0 aliphatic carbocycles. The van der Waals surface area contributed by atoms with E-state index in [9.17, 15) is 4.79 Å². The lowest BCUT2D eigenvalue weighted by Crippen LogP contribution is -1.93. The zero-order valence-electron chi connectivity index (χ0n) is 7.78. The number of rotatable bonds is 1. The second kappa shape index (κ2) is 3.16. The maximum Gasteiger partial charge on any atom is 0.163 e. The van der Waals surface area contributed by atoms with Gasteiger partial charge in [-0.25, -0.2) is 9.97 Å². The summed E-state index contributed by atoms with van der Waals surface area (Å²) in [5, 5.41) is 0.786. The van der Waals surface area contributed by atoms with Crippen molar-refractivity contribution in [1.29, 1.82) is 0 Å². The molecule has 0 radical (unpaired) electrons. The Hall–Kier alpha value is -1.23. The number of halogens is 1. The third kappa shape index (κ3) is 1.16. The summed E-state index contributed by atoms with van der Waals surface area (Å²) in [7, 11) is 1.85. The van der Waals surface area contributed by atoms with E-state index in [0.29, 0.717) is 5.56 Å². The third-order valence-electron chi connectivity index (χ3n) is 2.13. The van der Waals surface area contributed by atoms with E-state index in [-0.39, 0.29) is 5.78 Å². The van der Waals surface area contributed by atoms with Crippen LogP contribution in [0.5, 0.6) is 0 Å². The van der Waals surface area contributed by atoms with Crippen LogP contribution in [0.25, 0.3) is 11.0 Å². The fourth-order valence-electron chi connectivity index (χ4n) is 1.47. The fraction of sp³-hybridized carbons (Fsp3) is 0.222. The molecule has 0 N–H and O–H groups in total. The van der Waals surface area contributed by atoms with E-state index in [1.165, 1.54) is 13.3 Å². The van der Waals surface area contributed by atoms with Gasteiger partial charge in [0.25, 0.3) is 0 Å². The number of aryl methyl sites for hydroxylation is 1. The van der Waals surface area contributed by atoms with Gasteiger partial charge in [-0.3, -0.25) is 4.79 Å². The highest BCUT2D eigenvalue weighted by atomic mass is 79.9. The molecule has 72 valence electrons. The van der Waals surface area contributed by atoms with Gasteiger partial charge in [0.1, 0.15) is 12.0 Å². The van der Waals surface area contributed by atoms with E-state index in [1.807, 2.05) is 11.6 Å². The monoisotopic (exact) mass is 253 g/mol. The van der Waals surface area contributed by atoms with Crippen LogP contribution in [0.15, 0.2) is 17.1 Å². The van der Waals surface area contributed by atoms with E-state index >= 15 is 0 Å². The van der Waals surface area contributed by atoms with E-state index in [2.05, 4.69) is 25.9 Å². The van der Waals surface area contributed by atoms with Crippen LogP contribution < -0.4 is 0 Å². The number of nitrogens with zero attached hydrogens (tertiary/aromatic N) is 3. The summed E-state index contributed by atoms with van der Waals surface area (Å²) in [6.07, 6.45) is 3.13.